The highest BCUT2D eigenvalue weighted by molar-refractivity contribution is 6.31. The lowest BCUT2D eigenvalue weighted by Crippen LogP contribution is -2.62. The maximum absolute atomic E-state index is 13.5. The summed E-state index contributed by atoms with van der Waals surface area (Å²) in [5.41, 5.74) is 2.02. The molecule has 0 aliphatic carbocycles. The number of nitrogens with zero attached hydrogens (tertiary/aromatic N) is 3. The van der Waals surface area contributed by atoms with Crippen LogP contribution in [0, 0.1) is 5.82 Å². The number of rotatable bonds is 6. The highest BCUT2D eigenvalue weighted by Gasteiger charge is 2.41. The quantitative estimate of drug-likeness (QED) is 0.263. The van der Waals surface area contributed by atoms with Crippen molar-refractivity contribution < 1.29 is 29.2 Å². The number of anilines is 2. The third-order valence-corrected chi connectivity index (χ3v) is 6.63. The van der Waals surface area contributed by atoms with Crippen LogP contribution in [-0.4, -0.2) is 72.8 Å². The SMILES string of the molecule is OC[C@@H]1[C@@H](O)[C@H](O)[C@@H](O)CN1Cc1ccc(-c2ccc3ncnc(Nc4ccc(F)c(Cl)c4)c3c2)o1. The number of β-amino-alcohol motifs (C(OH)–C–C–N with tert-alkyl or cyclic N) is 1. The molecule has 3 heterocycles. The molecule has 0 bridgehead atoms. The van der Waals surface area contributed by atoms with Gasteiger partial charge in [-0.2, -0.15) is 0 Å². The molecule has 1 fully saturated rings. The number of piperidine rings is 1. The summed E-state index contributed by atoms with van der Waals surface area (Å²) in [5, 5.41) is 43.7. The number of hydrogen-bond acceptors (Lipinski definition) is 9. The zero-order valence-electron chi connectivity index (χ0n) is 18.9. The zero-order valence-corrected chi connectivity index (χ0v) is 19.7. The number of furan rings is 1. The van der Waals surface area contributed by atoms with Crippen molar-refractivity contribution in [1.82, 2.24) is 14.9 Å². The second-order valence-electron chi connectivity index (χ2n) is 8.70. The molecule has 0 saturated carbocycles. The number of aliphatic hydroxyl groups is 4. The lowest BCUT2D eigenvalue weighted by molar-refractivity contribution is -0.148. The van der Waals surface area contributed by atoms with Crippen molar-refractivity contribution in [3.63, 3.8) is 0 Å². The molecule has 0 spiro atoms. The lowest BCUT2D eigenvalue weighted by Gasteiger charge is -2.42. The summed E-state index contributed by atoms with van der Waals surface area (Å²) in [6.45, 7) is -0.0750. The molecule has 188 valence electrons. The standard InChI is InChI=1S/C25H24ClFN4O5/c26-17-8-14(2-4-18(17)27)30-25-16-7-13(1-5-19(16)28-12-29-25)22-6-3-15(36-22)9-31-10-21(33)24(35)23(34)20(31)11-32/h1-8,12,20-21,23-24,32-35H,9-11H2,(H,28,29,30)/t20-,21+,23-,24-/m1/s1. The lowest BCUT2D eigenvalue weighted by atomic mass is 9.94. The minimum atomic E-state index is -1.32. The summed E-state index contributed by atoms with van der Waals surface area (Å²) in [4.78, 5) is 10.3. The fraction of sp³-hybridized carbons (Fsp3) is 0.280. The van der Waals surface area contributed by atoms with Crippen LogP contribution in [0.15, 0.2) is 59.3 Å². The minimum absolute atomic E-state index is 0.00569. The van der Waals surface area contributed by atoms with Gasteiger partial charge in [0.25, 0.3) is 0 Å². The third-order valence-electron chi connectivity index (χ3n) is 6.34. The van der Waals surface area contributed by atoms with E-state index in [-0.39, 0.29) is 24.7 Å². The van der Waals surface area contributed by atoms with Gasteiger partial charge in [0.2, 0.25) is 0 Å². The van der Waals surface area contributed by atoms with E-state index in [2.05, 4.69) is 15.3 Å². The Morgan fingerprint density at radius 3 is 2.67 bits per heavy atom. The molecule has 5 N–H and O–H groups in total. The second kappa shape index (κ2) is 10.1. The van der Waals surface area contributed by atoms with Gasteiger partial charge in [-0.15, -0.1) is 0 Å². The molecule has 4 aromatic rings. The molecule has 1 aliphatic heterocycles. The van der Waals surface area contributed by atoms with Crippen molar-refractivity contribution in [2.45, 2.75) is 30.9 Å². The average molecular weight is 515 g/mol. The van der Waals surface area contributed by atoms with E-state index in [9.17, 15) is 24.8 Å². The fourth-order valence-corrected chi connectivity index (χ4v) is 4.58. The number of fused-ring (bicyclic) bond motifs is 1. The van der Waals surface area contributed by atoms with E-state index in [1.165, 1.54) is 18.5 Å². The van der Waals surface area contributed by atoms with Crippen LogP contribution < -0.4 is 5.32 Å². The number of likely N-dealkylation sites (tertiary alicyclic amines) is 1. The van der Waals surface area contributed by atoms with Gasteiger partial charge in [0.05, 0.1) is 35.8 Å². The van der Waals surface area contributed by atoms with Gasteiger partial charge in [-0.25, -0.2) is 14.4 Å². The van der Waals surface area contributed by atoms with Crippen LogP contribution in [0.5, 0.6) is 0 Å². The molecule has 4 atom stereocenters. The molecule has 0 radical (unpaired) electrons. The Hall–Kier alpha value is -3.12. The van der Waals surface area contributed by atoms with Gasteiger partial charge in [0, 0.05) is 23.2 Å². The smallest absolute Gasteiger partial charge is 0.141 e. The number of nitrogens with one attached hydrogen (secondary N) is 1. The first-order chi connectivity index (χ1) is 17.3. The topological polar surface area (TPSA) is 135 Å². The number of aliphatic hydroxyl groups excluding tert-OH is 4. The number of halogens is 2. The van der Waals surface area contributed by atoms with Crippen LogP contribution >= 0.6 is 11.6 Å². The van der Waals surface area contributed by atoms with Crippen LogP contribution in [0.25, 0.3) is 22.2 Å². The molecular weight excluding hydrogens is 491 g/mol. The van der Waals surface area contributed by atoms with Crippen LogP contribution in [0.1, 0.15) is 5.76 Å². The van der Waals surface area contributed by atoms with E-state index in [1.807, 2.05) is 18.2 Å². The summed E-state index contributed by atoms with van der Waals surface area (Å²) >= 11 is 5.90. The number of hydrogen-bond donors (Lipinski definition) is 5. The number of benzene rings is 2. The maximum Gasteiger partial charge on any atom is 0.141 e. The first kappa shape index (κ1) is 24.6. The Labute approximate surface area is 210 Å². The largest absolute Gasteiger partial charge is 0.460 e. The van der Waals surface area contributed by atoms with E-state index < -0.39 is 30.2 Å². The number of aromatic nitrogens is 2. The predicted molar refractivity (Wildman–Crippen MR) is 131 cm³/mol. The predicted octanol–water partition coefficient (Wildman–Crippen LogP) is 2.69. The minimum Gasteiger partial charge on any atom is -0.460 e. The van der Waals surface area contributed by atoms with Gasteiger partial charge in [-0.1, -0.05) is 11.6 Å². The van der Waals surface area contributed by atoms with Crippen molar-refractivity contribution in [3.05, 3.63) is 71.5 Å². The second-order valence-corrected chi connectivity index (χ2v) is 9.11. The summed E-state index contributed by atoms with van der Waals surface area (Å²) in [5.74, 6) is 1.13. The van der Waals surface area contributed by atoms with Gasteiger partial charge in [0.1, 0.15) is 41.7 Å². The molecule has 0 amide bonds. The van der Waals surface area contributed by atoms with Crippen molar-refractivity contribution in [2.75, 3.05) is 18.5 Å². The van der Waals surface area contributed by atoms with E-state index in [0.29, 0.717) is 33.9 Å². The van der Waals surface area contributed by atoms with Crippen molar-refractivity contribution in [2.24, 2.45) is 0 Å². The van der Waals surface area contributed by atoms with E-state index in [1.54, 1.807) is 23.1 Å². The summed E-state index contributed by atoms with van der Waals surface area (Å²) < 4.78 is 19.6. The van der Waals surface area contributed by atoms with Gasteiger partial charge in [0.15, 0.2) is 0 Å². The summed E-state index contributed by atoms with van der Waals surface area (Å²) in [6.07, 6.45) is -2.31. The Bertz CT molecular complexity index is 1390. The van der Waals surface area contributed by atoms with Gasteiger partial charge >= 0.3 is 0 Å². The van der Waals surface area contributed by atoms with Crippen LogP contribution in [0.2, 0.25) is 5.02 Å². The Morgan fingerprint density at radius 1 is 1.06 bits per heavy atom. The average Bonchev–Trinajstić information content (AvgIpc) is 3.33. The highest BCUT2D eigenvalue weighted by atomic mass is 35.5. The van der Waals surface area contributed by atoms with Crippen molar-refractivity contribution in [3.8, 4) is 11.3 Å². The monoisotopic (exact) mass is 514 g/mol. The van der Waals surface area contributed by atoms with Crippen LogP contribution in [0.3, 0.4) is 0 Å². The molecule has 0 unspecified atom stereocenters. The van der Waals surface area contributed by atoms with Crippen molar-refractivity contribution >= 4 is 34.0 Å². The van der Waals surface area contributed by atoms with Crippen LogP contribution in [0.4, 0.5) is 15.9 Å². The summed E-state index contributed by atoms with van der Waals surface area (Å²) in [6, 6.07) is 12.7. The molecule has 1 aliphatic rings. The van der Waals surface area contributed by atoms with E-state index in [0.717, 1.165) is 5.56 Å². The molecule has 1 saturated heterocycles. The Balaban J connectivity index is 1.40. The highest BCUT2D eigenvalue weighted by Crippen LogP contribution is 2.31. The van der Waals surface area contributed by atoms with E-state index >= 15 is 0 Å². The van der Waals surface area contributed by atoms with E-state index in [4.69, 9.17) is 16.0 Å². The van der Waals surface area contributed by atoms with Gasteiger partial charge in [-0.3, -0.25) is 4.90 Å². The van der Waals surface area contributed by atoms with Gasteiger partial charge < -0.3 is 30.2 Å². The Morgan fingerprint density at radius 2 is 1.89 bits per heavy atom. The maximum atomic E-state index is 13.5. The molecular formula is C25H24ClFN4O5. The first-order valence-electron chi connectivity index (χ1n) is 11.3. The summed E-state index contributed by atoms with van der Waals surface area (Å²) in [7, 11) is 0. The molecule has 9 nitrogen and oxygen atoms in total. The Kier molecular flexibility index (Phi) is 6.89. The molecule has 2 aromatic carbocycles. The zero-order chi connectivity index (χ0) is 25.4. The van der Waals surface area contributed by atoms with Crippen molar-refractivity contribution in [1.29, 1.82) is 0 Å². The first-order valence-corrected chi connectivity index (χ1v) is 11.7. The molecule has 5 rings (SSSR count). The third kappa shape index (κ3) is 4.79. The molecule has 36 heavy (non-hydrogen) atoms. The fourth-order valence-electron chi connectivity index (χ4n) is 4.40. The van der Waals surface area contributed by atoms with Crippen LogP contribution in [-0.2, 0) is 6.54 Å². The molecule has 11 heteroatoms. The van der Waals surface area contributed by atoms with Gasteiger partial charge in [-0.05, 0) is 48.5 Å². The normalized spacial score (nSPS) is 22.7. The molecule has 2 aromatic heterocycles.